The van der Waals surface area contributed by atoms with E-state index < -0.39 is 93.7 Å². The zero-order chi connectivity index (χ0) is 36.8. The molecule has 6 atom stereocenters. The third kappa shape index (κ3) is 5.02. The summed E-state index contributed by atoms with van der Waals surface area (Å²) in [6.45, 7) is 0. The van der Waals surface area contributed by atoms with Crippen LogP contribution in [0.4, 0.5) is 11.4 Å². The standard InChI is InChI=1S/C35H26Br2N2O12/c1-51-23-11-19(27(36)28(37)29(23)42)24-14-6-7-17-25(32(45)38(30(17)43)12-2-4-15(34(47)48)21(40)8-12)18(14)10-20-26(24)33(46)39(31(20)44)13-3-5-16(35(49)50)22(41)9-13/h2-6,8-9,11,17-18,20,24-26,40-42H,7,10H2,1H3,(H,47,48)(H,49,50). The van der Waals surface area contributed by atoms with Gasteiger partial charge in [-0.25, -0.2) is 19.4 Å². The molecule has 4 aliphatic rings. The van der Waals surface area contributed by atoms with E-state index >= 15 is 0 Å². The molecule has 3 aromatic carbocycles. The Morgan fingerprint density at radius 2 is 1.25 bits per heavy atom. The van der Waals surface area contributed by atoms with Gasteiger partial charge in [-0.3, -0.25) is 19.2 Å². The molecular formula is C35H26Br2N2O12. The summed E-state index contributed by atoms with van der Waals surface area (Å²) in [5, 5.41) is 50.3. The number of carbonyl (C=O) groups is 6. The minimum Gasteiger partial charge on any atom is -0.507 e. The molecular weight excluding hydrogens is 800 g/mol. The third-order valence-electron chi connectivity index (χ3n) is 10.3. The zero-order valence-electron chi connectivity index (χ0n) is 26.2. The van der Waals surface area contributed by atoms with Crippen LogP contribution in [0.2, 0.25) is 0 Å². The number of halogens is 2. The SMILES string of the molecule is COc1cc(C2C3=CCC4C(=O)N(c5ccc(C(=O)O)c(O)c5)C(=O)C4C3CC3C(=O)N(c4ccc(C(=O)O)c(O)c4)C(=O)C32)c(Br)c(Br)c1O. The lowest BCUT2D eigenvalue weighted by Gasteiger charge is -2.44. The maximum absolute atomic E-state index is 14.4. The van der Waals surface area contributed by atoms with Gasteiger partial charge in [-0.05, 0) is 86.5 Å². The molecule has 1 saturated carbocycles. The van der Waals surface area contributed by atoms with Gasteiger partial charge in [0.2, 0.25) is 23.6 Å². The molecule has 7 rings (SSSR count). The minimum atomic E-state index is -1.41. The van der Waals surface area contributed by atoms with E-state index in [0.29, 0.717) is 15.6 Å². The predicted octanol–water partition coefficient (Wildman–Crippen LogP) is 4.78. The van der Waals surface area contributed by atoms with E-state index in [1.165, 1.54) is 25.3 Å². The van der Waals surface area contributed by atoms with E-state index in [9.17, 15) is 54.3 Å². The lowest BCUT2D eigenvalue weighted by Crippen LogP contribution is -2.43. The van der Waals surface area contributed by atoms with Gasteiger partial charge in [0.05, 0.1) is 46.6 Å². The molecule has 14 nitrogen and oxygen atoms in total. The Kier molecular flexibility index (Phi) is 8.21. The average molecular weight is 826 g/mol. The Morgan fingerprint density at radius 3 is 1.76 bits per heavy atom. The number of aromatic carboxylic acids is 2. The number of anilines is 2. The number of allylic oxidation sites excluding steroid dienone is 2. The van der Waals surface area contributed by atoms with Gasteiger partial charge in [-0.15, -0.1) is 0 Å². The molecule has 2 aliphatic carbocycles. The molecule has 3 fully saturated rings. The number of hydrogen-bond acceptors (Lipinski definition) is 10. The third-order valence-corrected chi connectivity index (χ3v) is 12.5. The molecule has 0 radical (unpaired) electrons. The number of carboxylic acids is 2. The van der Waals surface area contributed by atoms with Gasteiger partial charge in [0.1, 0.15) is 22.6 Å². The van der Waals surface area contributed by atoms with Crippen LogP contribution in [-0.4, -0.2) is 68.2 Å². The molecule has 262 valence electrons. The number of carbonyl (C=O) groups excluding carboxylic acids is 4. The Labute approximate surface area is 304 Å². The molecule has 0 aromatic heterocycles. The molecule has 6 unspecified atom stereocenters. The number of aromatic hydroxyl groups is 3. The highest BCUT2D eigenvalue weighted by molar-refractivity contribution is 9.13. The molecule has 2 saturated heterocycles. The number of phenols is 3. The number of hydrogen-bond donors (Lipinski definition) is 5. The van der Waals surface area contributed by atoms with Crippen LogP contribution in [0.15, 0.2) is 63.1 Å². The van der Waals surface area contributed by atoms with Crippen molar-refractivity contribution in [2.75, 3.05) is 16.9 Å². The van der Waals surface area contributed by atoms with Gasteiger partial charge in [0.25, 0.3) is 0 Å². The maximum Gasteiger partial charge on any atom is 0.339 e. The van der Waals surface area contributed by atoms with E-state index in [2.05, 4.69) is 31.9 Å². The Hall–Kier alpha value is -5.22. The summed E-state index contributed by atoms with van der Waals surface area (Å²) in [5.74, 6) is -12.3. The number of imide groups is 2. The van der Waals surface area contributed by atoms with Gasteiger partial charge in [0, 0.05) is 22.5 Å². The lowest BCUT2D eigenvalue weighted by molar-refractivity contribution is -0.126. The van der Waals surface area contributed by atoms with Gasteiger partial charge in [-0.2, -0.15) is 0 Å². The van der Waals surface area contributed by atoms with Crippen LogP contribution < -0.4 is 14.5 Å². The first-order valence-electron chi connectivity index (χ1n) is 15.5. The molecule has 2 heterocycles. The van der Waals surface area contributed by atoms with Gasteiger partial charge >= 0.3 is 11.9 Å². The van der Waals surface area contributed by atoms with Crippen molar-refractivity contribution in [3.63, 3.8) is 0 Å². The molecule has 16 heteroatoms. The molecule has 0 spiro atoms. The van der Waals surface area contributed by atoms with Crippen LogP contribution in [0.5, 0.6) is 23.0 Å². The zero-order valence-corrected chi connectivity index (χ0v) is 29.4. The number of carboxylic acid groups (broad SMARTS) is 2. The monoisotopic (exact) mass is 824 g/mol. The first-order chi connectivity index (χ1) is 24.2. The Morgan fingerprint density at radius 1 is 0.725 bits per heavy atom. The number of rotatable bonds is 6. The Balaban J connectivity index is 1.36. The van der Waals surface area contributed by atoms with Crippen molar-refractivity contribution in [3.8, 4) is 23.0 Å². The topological polar surface area (TPSA) is 219 Å². The first kappa shape index (κ1) is 34.2. The smallest absolute Gasteiger partial charge is 0.339 e. The number of benzene rings is 3. The van der Waals surface area contributed by atoms with Crippen molar-refractivity contribution < 1.29 is 59.0 Å². The number of ether oxygens (including phenoxy) is 1. The van der Waals surface area contributed by atoms with Crippen LogP contribution in [0.3, 0.4) is 0 Å². The van der Waals surface area contributed by atoms with Crippen molar-refractivity contribution in [2.45, 2.75) is 18.8 Å². The fourth-order valence-electron chi connectivity index (χ4n) is 8.12. The van der Waals surface area contributed by atoms with E-state index in [-0.39, 0.29) is 40.2 Å². The fourth-order valence-corrected chi connectivity index (χ4v) is 9.09. The average Bonchev–Trinajstić information content (AvgIpc) is 3.49. The molecule has 51 heavy (non-hydrogen) atoms. The van der Waals surface area contributed by atoms with Crippen molar-refractivity contribution in [1.82, 2.24) is 0 Å². The van der Waals surface area contributed by atoms with Crippen molar-refractivity contribution in [2.24, 2.45) is 29.6 Å². The summed E-state index contributed by atoms with van der Waals surface area (Å²) in [4.78, 5) is 81.6. The second-order valence-electron chi connectivity index (χ2n) is 12.7. The summed E-state index contributed by atoms with van der Waals surface area (Å²) < 4.78 is 5.97. The van der Waals surface area contributed by atoms with Crippen LogP contribution in [-0.2, 0) is 19.2 Å². The highest BCUT2D eigenvalue weighted by Gasteiger charge is 2.62. The van der Waals surface area contributed by atoms with E-state index in [1.807, 2.05) is 0 Å². The van der Waals surface area contributed by atoms with Crippen molar-refractivity contribution in [3.05, 3.63) is 79.7 Å². The highest BCUT2D eigenvalue weighted by atomic mass is 79.9. The van der Waals surface area contributed by atoms with Crippen LogP contribution in [0.1, 0.15) is 45.0 Å². The second-order valence-corrected chi connectivity index (χ2v) is 14.3. The summed E-state index contributed by atoms with van der Waals surface area (Å²) in [6.07, 6.45) is 1.87. The normalized spacial score (nSPS) is 25.4. The summed E-state index contributed by atoms with van der Waals surface area (Å²) >= 11 is 6.90. The van der Waals surface area contributed by atoms with Crippen molar-refractivity contribution in [1.29, 1.82) is 0 Å². The van der Waals surface area contributed by atoms with Crippen LogP contribution in [0.25, 0.3) is 0 Å². The van der Waals surface area contributed by atoms with Gasteiger partial charge in [-0.1, -0.05) is 11.6 Å². The number of phenolic OH excluding ortho intramolecular Hbond substituents is 1. The quantitative estimate of drug-likeness (QED) is 0.168. The molecule has 4 amide bonds. The maximum atomic E-state index is 14.4. The van der Waals surface area contributed by atoms with Crippen molar-refractivity contribution >= 4 is 78.8 Å². The first-order valence-corrected chi connectivity index (χ1v) is 17.1. The second kappa shape index (κ2) is 12.2. The molecule has 2 aliphatic heterocycles. The molecule has 5 N–H and O–H groups in total. The summed E-state index contributed by atoms with van der Waals surface area (Å²) in [5.41, 5.74) is 0.128. The van der Waals surface area contributed by atoms with Crippen LogP contribution >= 0.6 is 31.9 Å². The van der Waals surface area contributed by atoms with Gasteiger partial charge in [0.15, 0.2) is 11.5 Å². The lowest BCUT2D eigenvalue weighted by atomic mass is 9.57. The summed E-state index contributed by atoms with van der Waals surface area (Å²) in [6, 6.07) is 8.24. The van der Waals surface area contributed by atoms with Crippen LogP contribution in [0, 0.1) is 29.6 Å². The largest absolute Gasteiger partial charge is 0.507 e. The minimum absolute atomic E-state index is 0.0154. The number of nitrogens with zero attached hydrogens (tertiary/aromatic N) is 2. The highest BCUT2D eigenvalue weighted by Crippen LogP contribution is 2.60. The molecule has 3 aromatic rings. The predicted molar refractivity (Wildman–Crippen MR) is 183 cm³/mol. The van der Waals surface area contributed by atoms with E-state index in [0.717, 1.165) is 34.1 Å². The summed E-state index contributed by atoms with van der Waals surface area (Å²) in [7, 11) is 1.34. The number of amides is 4. The fraction of sp³-hybridized carbons (Fsp3) is 0.257. The number of methoxy groups -OCH3 is 1. The Bertz CT molecular complexity index is 2170. The van der Waals surface area contributed by atoms with E-state index in [1.54, 1.807) is 6.08 Å². The number of fused-ring (bicyclic) bond motifs is 4. The molecule has 0 bridgehead atoms. The van der Waals surface area contributed by atoms with Gasteiger partial charge < -0.3 is 30.3 Å². The van der Waals surface area contributed by atoms with E-state index in [4.69, 9.17) is 4.74 Å².